The van der Waals surface area contributed by atoms with Gasteiger partial charge in [-0.05, 0) is 18.5 Å². The number of ether oxygens (including phenoxy) is 1. The molecule has 21 heavy (non-hydrogen) atoms. The van der Waals surface area contributed by atoms with Crippen molar-refractivity contribution >= 4 is 6.09 Å². The van der Waals surface area contributed by atoms with Gasteiger partial charge in [0, 0.05) is 12.5 Å². The SMILES string of the molecule is O=C(NC(C1CCNC1)C(F)(F)F)OCc1ccccc1. The zero-order valence-electron chi connectivity index (χ0n) is 11.3. The number of carbonyl (C=O) groups excluding carboxylic acids is 1. The van der Waals surface area contributed by atoms with Gasteiger partial charge in [0.2, 0.25) is 0 Å². The molecular weight excluding hydrogens is 285 g/mol. The smallest absolute Gasteiger partial charge is 0.409 e. The van der Waals surface area contributed by atoms with E-state index in [-0.39, 0.29) is 13.2 Å². The van der Waals surface area contributed by atoms with Crippen LogP contribution in [0.2, 0.25) is 0 Å². The normalized spacial score (nSPS) is 20.0. The zero-order valence-corrected chi connectivity index (χ0v) is 11.3. The van der Waals surface area contributed by atoms with E-state index >= 15 is 0 Å². The van der Waals surface area contributed by atoms with Crippen molar-refractivity contribution in [2.45, 2.75) is 25.2 Å². The van der Waals surface area contributed by atoms with Gasteiger partial charge in [-0.15, -0.1) is 0 Å². The van der Waals surface area contributed by atoms with Crippen LogP contribution in [0.4, 0.5) is 18.0 Å². The van der Waals surface area contributed by atoms with Gasteiger partial charge < -0.3 is 15.4 Å². The second-order valence-electron chi connectivity index (χ2n) is 4.98. The van der Waals surface area contributed by atoms with Crippen LogP contribution < -0.4 is 10.6 Å². The summed E-state index contributed by atoms with van der Waals surface area (Å²) < 4.78 is 43.8. The van der Waals surface area contributed by atoms with Crippen molar-refractivity contribution in [1.29, 1.82) is 0 Å². The molecule has 1 aliphatic rings. The number of hydrogen-bond acceptors (Lipinski definition) is 3. The fourth-order valence-electron chi connectivity index (χ4n) is 2.32. The van der Waals surface area contributed by atoms with Crippen molar-refractivity contribution in [2.24, 2.45) is 5.92 Å². The van der Waals surface area contributed by atoms with Crippen molar-refractivity contribution in [3.63, 3.8) is 0 Å². The first-order valence-corrected chi connectivity index (χ1v) is 6.71. The van der Waals surface area contributed by atoms with Crippen LogP contribution in [0.25, 0.3) is 0 Å². The molecular formula is C14H17F3N2O2. The molecule has 1 amide bonds. The number of halogens is 3. The number of carbonyl (C=O) groups is 1. The molecule has 1 aliphatic heterocycles. The van der Waals surface area contributed by atoms with Gasteiger partial charge in [-0.25, -0.2) is 4.79 Å². The Balaban J connectivity index is 1.89. The molecule has 1 fully saturated rings. The molecule has 2 rings (SSSR count). The van der Waals surface area contributed by atoms with Crippen molar-refractivity contribution in [2.75, 3.05) is 13.1 Å². The van der Waals surface area contributed by atoms with E-state index in [1.54, 1.807) is 30.3 Å². The second kappa shape index (κ2) is 6.80. The van der Waals surface area contributed by atoms with Gasteiger partial charge in [-0.3, -0.25) is 0 Å². The molecule has 1 aromatic carbocycles. The van der Waals surface area contributed by atoms with E-state index in [0.717, 1.165) is 5.56 Å². The average Bonchev–Trinajstić information content (AvgIpc) is 2.96. The first-order chi connectivity index (χ1) is 9.97. The summed E-state index contributed by atoms with van der Waals surface area (Å²) in [5, 5.41) is 4.81. The van der Waals surface area contributed by atoms with E-state index in [1.807, 2.05) is 5.32 Å². The number of amides is 1. The van der Waals surface area contributed by atoms with Crippen LogP contribution in [-0.2, 0) is 11.3 Å². The lowest BCUT2D eigenvalue weighted by Gasteiger charge is -2.26. The lowest BCUT2D eigenvalue weighted by molar-refractivity contribution is -0.164. The van der Waals surface area contributed by atoms with Crippen molar-refractivity contribution < 1.29 is 22.7 Å². The first-order valence-electron chi connectivity index (χ1n) is 6.71. The fraction of sp³-hybridized carbons (Fsp3) is 0.500. The number of rotatable bonds is 4. The highest BCUT2D eigenvalue weighted by atomic mass is 19.4. The van der Waals surface area contributed by atoms with Crippen LogP contribution in [0.5, 0.6) is 0 Å². The maximum atomic E-state index is 13.0. The third kappa shape index (κ3) is 4.63. The van der Waals surface area contributed by atoms with Crippen LogP contribution in [0, 0.1) is 5.92 Å². The quantitative estimate of drug-likeness (QED) is 0.898. The van der Waals surface area contributed by atoms with Crippen LogP contribution >= 0.6 is 0 Å². The highest BCUT2D eigenvalue weighted by Crippen LogP contribution is 2.28. The zero-order chi connectivity index (χ0) is 15.3. The molecule has 0 saturated carbocycles. The van der Waals surface area contributed by atoms with Crippen LogP contribution in [-0.4, -0.2) is 31.4 Å². The molecule has 0 spiro atoms. The summed E-state index contributed by atoms with van der Waals surface area (Å²) >= 11 is 0. The summed E-state index contributed by atoms with van der Waals surface area (Å²) in [5.41, 5.74) is 0.721. The summed E-state index contributed by atoms with van der Waals surface area (Å²) in [5.74, 6) is -0.658. The highest BCUT2D eigenvalue weighted by molar-refractivity contribution is 5.67. The highest BCUT2D eigenvalue weighted by Gasteiger charge is 2.46. The number of hydrogen-bond donors (Lipinski definition) is 2. The molecule has 0 aliphatic carbocycles. The first kappa shape index (κ1) is 15.6. The van der Waals surface area contributed by atoms with Gasteiger partial charge in [-0.1, -0.05) is 30.3 Å². The molecule has 1 saturated heterocycles. The molecule has 0 aromatic heterocycles. The standard InChI is InChI=1S/C14H17F3N2O2/c15-14(16,17)12(11-6-7-18-8-11)19-13(20)21-9-10-4-2-1-3-5-10/h1-5,11-12,18H,6-9H2,(H,19,20). The Hall–Kier alpha value is -1.76. The molecule has 116 valence electrons. The summed E-state index contributed by atoms with van der Waals surface area (Å²) in [6.07, 6.45) is -5.15. The van der Waals surface area contributed by atoms with Gasteiger partial charge in [-0.2, -0.15) is 13.2 Å². The Morgan fingerprint density at radius 1 is 1.38 bits per heavy atom. The molecule has 2 unspecified atom stereocenters. The molecule has 0 radical (unpaired) electrons. The van der Waals surface area contributed by atoms with Gasteiger partial charge in [0.15, 0.2) is 0 Å². The lowest BCUT2D eigenvalue weighted by Crippen LogP contribution is -2.50. The Morgan fingerprint density at radius 2 is 2.10 bits per heavy atom. The van der Waals surface area contributed by atoms with Gasteiger partial charge in [0.25, 0.3) is 0 Å². The van der Waals surface area contributed by atoms with E-state index in [2.05, 4.69) is 5.32 Å². The van der Waals surface area contributed by atoms with Gasteiger partial charge >= 0.3 is 12.3 Å². The van der Waals surface area contributed by atoms with Gasteiger partial charge in [0.05, 0.1) is 0 Å². The molecule has 4 nitrogen and oxygen atoms in total. The van der Waals surface area contributed by atoms with Crippen molar-refractivity contribution in [3.8, 4) is 0 Å². The Morgan fingerprint density at radius 3 is 2.67 bits per heavy atom. The van der Waals surface area contributed by atoms with Crippen LogP contribution in [0.1, 0.15) is 12.0 Å². The summed E-state index contributed by atoms with van der Waals surface area (Å²) in [7, 11) is 0. The molecule has 1 aromatic rings. The van der Waals surface area contributed by atoms with E-state index in [0.29, 0.717) is 13.0 Å². The number of alkyl halides is 3. The third-order valence-corrected chi connectivity index (χ3v) is 3.41. The molecule has 2 atom stereocenters. The molecule has 1 heterocycles. The minimum atomic E-state index is -4.48. The van der Waals surface area contributed by atoms with Gasteiger partial charge in [0.1, 0.15) is 12.6 Å². The van der Waals surface area contributed by atoms with E-state index in [9.17, 15) is 18.0 Å². The van der Waals surface area contributed by atoms with E-state index in [1.165, 1.54) is 0 Å². The maximum absolute atomic E-state index is 13.0. The molecule has 2 N–H and O–H groups in total. The van der Waals surface area contributed by atoms with Crippen molar-refractivity contribution in [1.82, 2.24) is 10.6 Å². The Bertz CT molecular complexity index is 459. The van der Waals surface area contributed by atoms with E-state index < -0.39 is 24.2 Å². The number of alkyl carbamates (subject to hydrolysis) is 1. The minimum Gasteiger partial charge on any atom is -0.445 e. The minimum absolute atomic E-state index is 0.0554. The largest absolute Gasteiger partial charge is 0.445 e. The lowest BCUT2D eigenvalue weighted by atomic mass is 9.98. The molecule has 0 bridgehead atoms. The topological polar surface area (TPSA) is 50.4 Å². The fourth-order valence-corrected chi connectivity index (χ4v) is 2.32. The molecule has 7 heteroatoms. The van der Waals surface area contributed by atoms with Crippen LogP contribution in [0.3, 0.4) is 0 Å². The number of benzene rings is 1. The Labute approximate surface area is 120 Å². The Kier molecular flexibility index (Phi) is 5.06. The van der Waals surface area contributed by atoms with E-state index in [4.69, 9.17) is 4.74 Å². The average molecular weight is 302 g/mol. The summed E-state index contributed by atoms with van der Waals surface area (Å²) in [6.45, 7) is 0.710. The summed E-state index contributed by atoms with van der Waals surface area (Å²) in [6, 6.07) is 6.91. The summed E-state index contributed by atoms with van der Waals surface area (Å²) in [4.78, 5) is 11.6. The monoisotopic (exact) mass is 302 g/mol. The van der Waals surface area contributed by atoms with Crippen LogP contribution in [0.15, 0.2) is 30.3 Å². The maximum Gasteiger partial charge on any atom is 0.409 e. The predicted molar refractivity (Wildman–Crippen MR) is 70.6 cm³/mol. The predicted octanol–water partition coefficient (Wildman–Crippen LogP) is 2.45. The second-order valence-corrected chi connectivity index (χ2v) is 4.98. The third-order valence-electron chi connectivity index (χ3n) is 3.41. The van der Waals surface area contributed by atoms with Crippen molar-refractivity contribution in [3.05, 3.63) is 35.9 Å². The number of nitrogens with one attached hydrogen (secondary N) is 2.